The highest BCUT2D eigenvalue weighted by Gasteiger charge is 2.31. The van der Waals surface area contributed by atoms with Crippen LogP contribution in [0.4, 0.5) is 17.6 Å². The van der Waals surface area contributed by atoms with E-state index in [0.29, 0.717) is 49.3 Å². The summed E-state index contributed by atoms with van der Waals surface area (Å²) in [5.74, 6) is -0.744. The maximum absolute atomic E-state index is 13.3. The number of carbonyl (C=O) groups is 1. The number of piperazine rings is 1. The molecule has 1 amide bonds. The van der Waals surface area contributed by atoms with Gasteiger partial charge in [0, 0.05) is 43.6 Å². The maximum Gasteiger partial charge on any atom is 0.573 e. The first-order valence-electron chi connectivity index (χ1n) is 9.41. The standard InChI is InChI=1S/C21H19F4N3O2/c22-16-3-6-18-15(11-16)12-19(26-18)20(29)28-9-7-27(8-10-28)13-14-1-4-17(5-2-14)30-21(23,24)25/h1-6,11-12,26H,7-10,13H2. The van der Waals surface area contributed by atoms with Crippen LogP contribution in [0, 0.1) is 5.82 Å². The van der Waals surface area contributed by atoms with E-state index in [4.69, 9.17) is 0 Å². The Balaban J connectivity index is 1.32. The number of aromatic amines is 1. The van der Waals surface area contributed by atoms with Crippen LogP contribution >= 0.6 is 0 Å². The number of alkyl halides is 3. The number of amides is 1. The van der Waals surface area contributed by atoms with Gasteiger partial charge in [-0.3, -0.25) is 9.69 Å². The van der Waals surface area contributed by atoms with Crippen LogP contribution in [0.25, 0.3) is 10.9 Å². The number of halogens is 4. The van der Waals surface area contributed by atoms with Crippen LogP contribution in [0.3, 0.4) is 0 Å². The lowest BCUT2D eigenvalue weighted by Gasteiger charge is -2.34. The van der Waals surface area contributed by atoms with E-state index in [1.165, 1.54) is 24.3 Å². The highest BCUT2D eigenvalue weighted by Crippen LogP contribution is 2.23. The van der Waals surface area contributed by atoms with E-state index in [2.05, 4.69) is 14.6 Å². The average molecular weight is 421 g/mol. The summed E-state index contributed by atoms with van der Waals surface area (Å²) in [6.07, 6.45) is -4.70. The Labute approximate surface area is 169 Å². The Bertz CT molecular complexity index is 1040. The minimum absolute atomic E-state index is 0.139. The summed E-state index contributed by atoms with van der Waals surface area (Å²) < 4.78 is 53.9. The molecule has 1 aliphatic rings. The van der Waals surface area contributed by atoms with Gasteiger partial charge in [-0.1, -0.05) is 12.1 Å². The molecule has 1 fully saturated rings. The molecule has 0 spiro atoms. The Morgan fingerprint density at radius 2 is 1.70 bits per heavy atom. The van der Waals surface area contributed by atoms with Gasteiger partial charge in [0.2, 0.25) is 0 Å². The molecule has 3 aromatic rings. The van der Waals surface area contributed by atoms with Crippen LogP contribution in [-0.2, 0) is 6.54 Å². The highest BCUT2D eigenvalue weighted by atomic mass is 19.4. The molecule has 30 heavy (non-hydrogen) atoms. The van der Waals surface area contributed by atoms with Crippen molar-refractivity contribution in [2.24, 2.45) is 0 Å². The molecule has 0 bridgehead atoms. The lowest BCUT2D eigenvalue weighted by Crippen LogP contribution is -2.48. The molecule has 1 saturated heterocycles. The van der Waals surface area contributed by atoms with Crippen LogP contribution in [0.15, 0.2) is 48.5 Å². The zero-order valence-corrected chi connectivity index (χ0v) is 15.9. The van der Waals surface area contributed by atoms with Crippen molar-refractivity contribution < 1.29 is 27.1 Å². The molecular weight excluding hydrogens is 402 g/mol. The highest BCUT2D eigenvalue weighted by molar-refractivity contribution is 5.98. The number of H-pyrrole nitrogens is 1. The molecule has 4 rings (SSSR count). The molecule has 2 aromatic carbocycles. The van der Waals surface area contributed by atoms with Crippen molar-refractivity contribution in [2.75, 3.05) is 26.2 Å². The molecule has 0 atom stereocenters. The van der Waals surface area contributed by atoms with Crippen molar-refractivity contribution in [3.63, 3.8) is 0 Å². The smallest absolute Gasteiger partial charge is 0.406 e. The first kappa shape index (κ1) is 20.2. The second-order valence-corrected chi connectivity index (χ2v) is 7.17. The van der Waals surface area contributed by atoms with E-state index in [-0.39, 0.29) is 17.5 Å². The SMILES string of the molecule is O=C(c1cc2cc(F)ccc2[nH]1)N1CCN(Cc2ccc(OC(F)(F)F)cc2)CC1. The number of fused-ring (bicyclic) bond motifs is 1. The predicted octanol–water partition coefficient (Wildman–Crippen LogP) is 4.16. The van der Waals surface area contributed by atoms with Gasteiger partial charge in [0.15, 0.2) is 0 Å². The Morgan fingerprint density at radius 3 is 2.37 bits per heavy atom. The number of nitrogens with zero attached hydrogens (tertiary/aromatic N) is 2. The van der Waals surface area contributed by atoms with E-state index in [1.54, 1.807) is 29.2 Å². The second-order valence-electron chi connectivity index (χ2n) is 7.17. The summed E-state index contributed by atoms with van der Waals surface area (Å²) in [5, 5.41) is 0.648. The second kappa shape index (κ2) is 7.98. The molecule has 0 unspecified atom stereocenters. The molecule has 0 saturated carbocycles. The number of hydrogen-bond donors (Lipinski definition) is 1. The summed E-state index contributed by atoms with van der Waals surface area (Å²) in [5.41, 5.74) is 1.99. The Hall–Kier alpha value is -3.07. The molecule has 5 nitrogen and oxygen atoms in total. The molecule has 1 aromatic heterocycles. The molecule has 1 aliphatic heterocycles. The number of nitrogens with one attached hydrogen (secondary N) is 1. The third-order valence-corrected chi connectivity index (χ3v) is 5.04. The van der Waals surface area contributed by atoms with E-state index in [0.717, 1.165) is 5.56 Å². The molecule has 158 valence electrons. The normalized spacial score (nSPS) is 15.5. The Kier molecular flexibility index (Phi) is 5.38. The number of carbonyl (C=O) groups excluding carboxylic acids is 1. The largest absolute Gasteiger partial charge is 0.573 e. The fourth-order valence-corrected chi connectivity index (χ4v) is 3.55. The number of hydrogen-bond acceptors (Lipinski definition) is 3. The van der Waals surface area contributed by atoms with Gasteiger partial charge < -0.3 is 14.6 Å². The maximum atomic E-state index is 13.3. The van der Waals surface area contributed by atoms with Crippen LogP contribution in [0.5, 0.6) is 5.75 Å². The zero-order valence-electron chi connectivity index (χ0n) is 15.9. The molecule has 0 aliphatic carbocycles. The van der Waals surface area contributed by atoms with Crippen molar-refractivity contribution in [2.45, 2.75) is 12.9 Å². The fraction of sp³-hybridized carbons (Fsp3) is 0.286. The summed E-state index contributed by atoms with van der Waals surface area (Å²) in [6, 6.07) is 11.8. The minimum Gasteiger partial charge on any atom is -0.406 e. The molecule has 2 heterocycles. The van der Waals surface area contributed by atoms with Crippen LogP contribution in [0.1, 0.15) is 16.1 Å². The van der Waals surface area contributed by atoms with Crippen LogP contribution in [0.2, 0.25) is 0 Å². The van der Waals surface area contributed by atoms with Gasteiger partial charge in [-0.25, -0.2) is 4.39 Å². The lowest BCUT2D eigenvalue weighted by atomic mass is 10.2. The van der Waals surface area contributed by atoms with Gasteiger partial charge in [0.05, 0.1) is 0 Å². The summed E-state index contributed by atoms with van der Waals surface area (Å²) in [7, 11) is 0. The van der Waals surface area contributed by atoms with Gasteiger partial charge in [-0.2, -0.15) is 0 Å². The summed E-state index contributed by atoms with van der Waals surface area (Å²) in [4.78, 5) is 19.6. The van der Waals surface area contributed by atoms with Crippen LogP contribution < -0.4 is 4.74 Å². The van der Waals surface area contributed by atoms with Crippen molar-refractivity contribution >= 4 is 16.8 Å². The van der Waals surface area contributed by atoms with Crippen LogP contribution in [-0.4, -0.2) is 53.2 Å². The monoisotopic (exact) mass is 421 g/mol. The molecule has 9 heteroatoms. The number of aromatic nitrogens is 1. The number of benzene rings is 2. The lowest BCUT2D eigenvalue weighted by molar-refractivity contribution is -0.274. The summed E-state index contributed by atoms with van der Waals surface area (Å²) in [6.45, 7) is 2.90. The van der Waals surface area contributed by atoms with Crippen molar-refractivity contribution in [1.29, 1.82) is 0 Å². The predicted molar refractivity (Wildman–Crippen MR) is 103 cm³/mol. The van der Waals surface area contributed by atoms with Gasteiger partial charge in [0.1, 0.15) is 17.3 Å². The van der Waals surface area contributed by atoms with Gasteiger partial charge >= 0.3 is 6.36 Å². The first-order valence-corrected chi connectivity index (χ1v) is 9.41. The number of rotatable bonds is 4. The van der Waals surface area contributed by atoms with Crippen molar-refractivity contribution in [3.05, 3.63) is 65.6 Å². The zero-order chi connectivity index (χ0) is 21.3. The quantitative estimate of drug-likeness (QED) is 0.644. The van der Waals surface area contributed by atoms with E-state index >= 15 is 0 Å². The third-order valence-electron chi connectivity index (χ3n) is 5.04. The number of ether oxygens (including phenoxy) is 1. The molecular formula is C21H19F4N3O2. The topological polar surface area (TPSA) is 48.6 Å². The first-order chi connectivity index (χ1) is 14.3. The van der Waals surface area contributed by atoms with Crippen molar-refractivity contribution in [3.8, 4) is 5.75 Å². The van der Waals surface area contributed by atoms with Crippen molar-refractivity contribution in [1.82, 2.24) is 14.8 Å². The summed E-state index contributed by atoms with van der Waals surface area (Å²) >= 11 is 0. The third kappa shape index (κ3) is 4.73. The molecule has 1 N–H and O–H groups in total. The van der Waals surface area contributed by atoms with Gasteiger partial charge in [0.25, 0.3) is 5.91 Å². The molecule has 0 radical (unpaired) electrons. The van der Waals surface area contributed by atoms with E-state index in [9.17, 15) is 22.4 Å². The Morgan fingerprint density at radius 1 is 1.00 bits per heavy atom. The van der Waals surface area contributed by atoms with E-state index < -0.39 is 6.36 Å². The fourth-order valence-electron chi connectivity index (χ4n) is 3.55. The average Bonchev–Trinajstić information content (AvgIpc) is 3.11. The minimum atomic E-state index is -4.70. The van der Waals surface area contributed by atoms with Gasteiger partial charge in [-0.15, -0.1) is 13.2 Å². The van der Waals surface area contributed by atoms with Gasteiger partial charge in [-0.05, 0) is 42.0 Å². The van der Waals surface area contributed by atoms with E-state index in [1.807, 2.05) is 0 Å².